The fraction of sp³-hybridized carbons (Fsp3) is 0.923. The van der Waals surface area contributed by atoms with E-state index >= 15 is 0 Å². The van der Waals surface area contributed by atoms with Crippen LogP contribution in [0.4, 0.5) is 0 Å². The van der Waals surface area contributed by atoms with Gasteiger partial charge in [-0.15, -0.1) is 0 Å². The SMILES string of the molecule is CC(/C=C/[C@@H](C)C1C[C@@H](O)C2[C@@H]3C[C@H](O)C4[C@@H](O)[C@@H](O)CC[C@]4(C)C3CC[C@]12C)CO. The van der Waals surface area contributed by atoms with E-state index in [4.69, 9.17) is 0 Å². The molecule has 0 spiro atoms. The van der Waals surface area contributed by atoms with Crippen molar-refractivity contribution >= 4 is 0 Å². The van der Waals surface area contributed by atoms with Gasteiger partial charge in [-0.25, -0.2) is 0 Å². The van der Waals surface area contributed by atoms with E-state index in [0.717, 1.165) is 25.7 Å². The van der Waals surface area contributed by atoms with Crippen LogP contribution in [0.2, 0.25) is 0 Å². The Morgan fingerprint density at radius 2 is 1.48 bits per heavy atom. The monoisotopic (exact) mass is 436 g/mol. The van der Waals surface area contributed by atoms with Crippen molar-refractivity contribution in [1.82, 2.24) is 0 Å². The summed E-state index contributed by atoms with van der Waals surface area (Å²) in [7, 11) is 0. The van der Waals surface area contributed by atoms with Crippen LogP contribution in [-0.2, 0) is 0 Å². The van der Waals surface area contributed by atoms with Gasteiger partial charge >= 0.3 is 0 Å². The molecule has 5 nitrogen and oxygen atoms in total. The Morgan fingerprint density at radius 3 is 2.16 bits per heavy atom. The number of hydrogen-bond acceptors (Lipinski definition) is 5. The summed E-state index contributed by atoms with van der Waals surface area (Å²) in [5.74, 6) is 1.37. The molecule has 0 aromatic rings. The molecule has 0 amide bonds. The molecule has 0 radical (unpaired) electrons. The van der Waals surface area contributed by atoms with Crippen molar-refractivity contribution in [2.24, 2.45) is 52.3 Å². The highest BCUT2D eigenvalue weighted by molar-refractivity contribution is 5.15. The first-order valence-electron chi connectivity index (χ1n) is 12.6. The molecule has 0 saturated heterocycles. The van der Waals surface area contributed by atoms with Crippen LogP contribution in [0, 0.1) is 52.3 Å². The molecule has 4 fully saturated rings. The quantitative estimate of drug-likeness (QED) is 0.436. The second-order valence-corrected chi connectivity index (χ2v) is 12.1. The lowest BCUT2D eigenvalue weighted by Crippen LogP contribution is -2.63. The fourth-order valence-corrected chi connectivity index (χ4v) is 8.88. The Balaban J connectivity index is 1.61. The van der Waals surface area contributed by atoms with Gasteiger partial charge in [-0.2, -0.15) is 0 Å². The maximum Gasteiger partial charge on any atom is 0.0857 e. The second-order valence-electron chi connectivity index (χ2n) is 12.1. The second kappa shape index (κ2) is 8.39. The lowest BCUT2D eigenvalue weighted by Gasteiger charge is -2.63. The maximum absolute atomic E-state index is 11.3. The van der Waals surface area contributed by atoms with Gasteiger partial charge < -0.3 is 25.5 Å². The lowest BCUT2D eigenvalue weighted by atomic mass is 9.43. The minimum absolute atomic E-state index is 0.0303. The Kier molecular flexibility index (Phi) is 6.41. The molecule has 5 unspecified atom stereocenters. The molecule has 0 aromatic carbocycles. The zero-order valence-corrected chi connectivity index (χ0v) is 19.7. The summed E-state index contributed by atoms with van der Waals surface area (Å²) in [5.41, 5.74) is -0.162. The van der Waals surface area contributed by atoms with Crippen LogP contribution in [0.1, 0.15) is 66.2 Å². The molecule has 31 heavy (non-hydrogen) atoms. The van der Waals surface area contributed by atoms with Crippen LogP contribution < -0.4 is 0 Å². The molecule has 4 aliphatic rings. The number of hydrogen-bond donors (Lipinski definition) is 5. The van der Waals surface area contributed by atoms with Crippen molar-refractivity contribution in [3.05, 3.63) is 12.2 Å². The van der Waals surface area contributed by atoms with E-state index in [2.05, 4.69) is 32.9 Å². The van der Waals surface area contributed by atoms with Crippen LogP contribution in [0.25, 0.3) is 0 Å². The Labute approximate surface area is 187 Å². The number of allylic oxidation sites excluding steroid dienone is 1. The van der Waals surface area contributed by atoms with Gasteiger partial charge in [0.2, 0.25) is 0 Å². The average Bonchev–Trinajstić information content (AvgIpc) is 3.00. The third-order valence-electron chi connectivity index (χ3n) is 10.4. The van der Waals surface area contributed by atoms with E-state index in [-0.39, 0.29) is 47.2 Å². The largest absolute Gasteiger partial charge is 0.396 e. The van der Waals surface area contributed by atoms with Gasteiger partial charge in [0.25, 0.3) is 0 Å². The summed E-state index contributed by atoms with van der Waals surface area (Å²) in [5, 5.41) is 52.8. The van der Waals surface area contributed by atoms with Crippen LogP contribution in [0.3, 0.4) is 0 Å². The standard InChI is InChI=1S/C26H44O5/c1-14(13-27)5-6-15(2)18-12-21(30)22-16-11-20(29)23-24(31)19(28)8-10-25(23,3)17(16)7-9-26(18,22)4/h5-6,14-24,27-31H,7-13H2,1-4H3/b6-5+/t14?,15-,16-,17?,18?,19+,20+,21-,22?,23?,24+,25-,26-/m1/s1. The molecule has 5 N–H and O–H groups in total. The smallest absolute Gasteiger partial charge is 0.0857 e. The van der Waals surface area contributed by atoms with Crippen molar-refractivity contribution in [1.29, 1.82) is 0 Å². The van der Waals surface area contributed by atoms with Crippen LogP contribution in [0.5, 0.6) is 0 Å². The van der Waals surface area contributed by atoms with E-state index in [9.17, 15) is 25.5 Å². The molecular formula is C26H44O5. The highest BCUT2D eigenvalue weighted by Crippen LogP contribution is 2.68. The minimum Gasteiger partial charge on any atom is -0.396 e. The third-order valence-corrected chi connectivity index (χ3v) is 10.4. The van der Waals surface area contributed by atoms with E-state index in [1.54, 1.807) is 0 Å². The van der Waals surface area contributed by atoms with E-state index in [0.29, 0.717) is 30.6 Å². The van der Waals surface area contributed by atoms with E-state index in [1.807, 2.05) is 6.92 Å². The summed E-state index contributed by atoms with van der Waals surface area (Å²) in [4.78, 5) is 0. The molecule has 0 aromatic heterocycles. The average molecular weight is 437 g/mol. The summed E-state index contributed by atoms with van der Waals surface area (Å²) >= 11 is 0. The topological polar surface area (TPSA) is 101 Å². The van der Waals surface area contributed by atoms with E-state index in [1.165, 1.54) is 0 Å². The number of aliphatic hydroxyl groups is 5. The van der Waals surface area contributed by atoms with Crippen molar-refractivity contribution < 1.29 is 25.5 Å². The predicted molar refractivity (Wildman–Crippen MR) is 120 cm³/mol. The highest BCUT2D eigenvalue weighted by Gasteiger charge is 2.65. The van der Waals surface area contributed by atoms with Gasteiger partial charge in [0.1, 0.15) is 0 Å². The zero-order valence-electron chi connectivity index (χ0n) is 19.7. The maximum atomic E-state index is 11.3. The molecule has 4 saturated carbocycles. The van der Waals surface area contributed by atoms with Crippen LogP contribution >= 0.6 is 0 Å². The molecule has 0 heterocycles. The molecule has 5 heteroatoms. The highest BCUT2D eigenvalue weighted by atomic mass is 16.3. The first kappa shape index (κ1) is 23.7. The summed E-state index contributed by atoms with van der Waals surface area (Å²) in [6.45, 7) is 8.98. The van der Waals surface area contributed by atoms with Gasteiger partial charge in [-0.3, -0.25) is 0 Å². The third kappa shape index (κ3) is 3.63. The van der Waals surface area contributed by atoms with Gasteiger partial charge in [0.05, 0.1) is 24.4 Å². The molecule has 4 rings (SSSR count). The van der Waals surface area contributed by atoms with Crippen molar-refractivity contribution in [3.63, 3.8) is 0 Å². The van der Waals surface area contributed by atoms with E-state index < -0.39 is 18.3 Å². The summed E-state index contributed by atoms with van der Waals surface area (Å²) in [6, 6.07) is 0. The van der Waals surface area contributed by atoms with Crippen molar-refractivity contribution in [2.75, 3.05) is 6.61 Å². The minimum atomic E-state index is -0.858. The van der Waals surface area contributed by atoms with Crippen LogP contribution in [0.15, 0.2) is 12.2 Å². The first-order chi connectivity index (χ1) is 14.5. The van der Waals surface area contributed by atoms with Gasteiger partial charge in [0.15, 0.2) is 0 Å². The van der Waals surface area contributed by atoms with Crippen molar-refractivity contribution in [2.45, 2.75) is 90.6 Å². The zero-order chi connectivity index (χ0) is 22.7. The molecule has 0 bridgehead atoms. The van der Waals surface area contributed by atoms with Gasteiger partial charge in [0, 0.05) is 12.5 Å². The first-order valence-corrected chi connectivity index (χ1v) is 12.6. The van der Waals surface area contributed by atoms with Gasteiger partial charge in [-0.1, -0.05) is 39.8 Å². The molecular weight excluding hydrogens is 392 g/mol. The summed E-state index contributed by atoms with van der Waals surface area (Å²) in [6.07, 6.45) is 6.68. The fourth-order valence-electron chi connectivity index (χ4n) is 8.88. The predicted octanol–water partition coefficient (Wildman–Crippen LogP) is 2.74. The Hall–Kier alpha value is -0.460. The number of rotatable bonds is 4. The molecule has 13 atom stereocenters. The normalized spacial score (nSPS) is 54.2. The lowest BCUT2D eigenvalue weighted by molar-refractivity contribution is -0.217. The van der Waals surface area contributed by atoms with Gasteiger partial charge in [-0.05, 0) is 84.9 Å². The van der Waals surface area contributed by atoms with Crippen LogP contribution in [-0.4, -0.2) is 56.6 Å². The number of aliphatic hydroxyl groups excluding tert-OH is 5. The summed E-state index contributed by atoms with van der Waals surface area (Å²) < 4.78 is 0. The molecule has 178 valence electrons. The Bertz CT molecular complexity index is 681. The number of fused-ring (bicyclic) bond motifs is 5. The molecule has 0 aliphatic heterocycles. The Morgan fingerprint density at radius 1 is 0.839 bits per heavy atom. The molecule has 4 aliphatic carbocycles. The van der Waals surface area contributed by atoms with Crippen molar-refractivity contribution in [3.8, 4) is 0 Å².